The summed E-state index contributed by atoms with van der Waals surface area (Å²) in [7, 11) is 0. The number of carbonyl (C=O) groups excluding carboxylic acids is 1. The Hall–Kier alpha value is -5.24. The lowest BCUT2D eigenvalue weighted by molar-refractivity contribution is -0.384. The van der Waals surface area contributed by atoms with Crippen molar-refractivity contribution in [3.05, 3.63) is 130 Å². The Kier molecular flexibility index (Phi) is 5.75. The van der Waals surface area contributed by atoms with Crippen molar-refractivity contribution in [2.24, 2.45) is 0 Å². The summed E-state index contributed by atoms with van der Waals surface area (Å²) in [6, 6.07) is 25.0. The number of hydrogen-bond donors (Lipinski definition) is 1. The third-order valence-electron chi connectivity index (χ3n) is 5.69. The van der Waals surface area contributed by atoms with Crippen LogP contribution in [0, 0.1) is 10.1 Å². The van der Waals surface area contributed by atoms with Crippen LogP contribution in [0.5, 0.6) is 0 Å². The summed E-state index contributed by atoms with van der Waals surface area (Å²) in [5, 5.41) is 20.3. The Morgan fingerprint density at radius 2 is 1.67 bits per heavy atom. The molecule has 1 N–H and O–H groups in total. The van der Waals surface area contributed by atoms with Crippen LogP contribution < -0.4 is 4.90 Å². The van der Waals surface area contributed by atoms with Gasteiger partial charge in [0.05, 0.1) is 21.9 Å². The monoisotopic (exact) mass is 478 g/mol. The van der Waals surface area contributed by atoms with Crippen molar-refractivity contribution < 1.29 is 24.0 Å². The largest absolute Gasteiger partial charge is 0.478 e. The molecule has 1 aliphatic heterocycles. The van der Waals surface area contributed by atoms with E-state index in [0.717, 1.165) is 5.56 Å². The molecule has 1 amide bonds. The van der Waals surface area contributed by atoms with E-state index < -0.39 is 10.9 Å². The molecule has 2 heterocycles. The molecule has 8 nitrogen and oxygen atoms in total. The molecule has 0 atom stereocenters. The van der Waals surface area contributed by atoms with Gasteiger partial charge in [-0.3, -0.25) is 19.8 Å². The Balaban J connectivity index is 1.52. The van der Waals surface area contributed by atoms with Gasteiger partial charge in [-0.1, -0.05) is 36.4 Å². The first-order valence-electron chi connectivity index (χ1n) is 10.9. The van der Waals surface area contributed by atoms with Gasteiger partial charge in [-0.05, 0) is 60.2 Å². The van der Waals surface area contributed by atoms with Crippen LogP contribution in [-0.4, -0.2) is 21.9 Å². The molecular formula is C28H18N2O6. The zero-order chi connectivity index (χ0) is 25.2. The Morgan fingerprint density at radius 3 is 2.36 bits per heavy atom. The predicted molar refractivity (Wildman–Crippen MR) is 134 cm³/mol. The summed E-state index contributed by atoms with van der Waals surface area (Å²) in [4.78, 5) is 36.9. The molecule has 1 aliphatic rings. The molecule has 0 spiro atoms. The topological polar surface area (TPSA) is 114 Å². The number of anilines is 1. The van der Waals surface area contributed by atoms with E-state index in [4.69, 9.17) is 4.42 Å². The molecule has 0 unspecified atom stereocenters. The van der Waals surface area contributed by atoms with Crippen LogP contribution in [-0.2, 0) is 4.79 Å². The fraction of sp³-hybridized carbons (Fsp3) is 0. The second-order valence-corrected chi connectivity index (χ2v) is 8.00. The minimum absolute atomic E-state index is 0.0187. The number of carboxylic acid groups (broad SMARTS) is 1. The first-order valence-corrected chi connectivity index (χ1v) is 10.9. The molecule has 0 bridgehead atoms. The molecule has 36 heavy (non-hydrogen) atoms. The van der Waals surface area contributed by atoms with E-state index in [1.807, 2.05) is 30.3 Å². The maximum atomic E-state index is 13.5. The molecule has 0 radical (unpaired) electrons. The predicted octanol–water partition coefficient (Wildman–Crippen LogP) is 6.02. The minimum atomic E-state index is -1.08. The van der Waals surface area contributed by atoms with Gasteiger partial charge in [0.15, 0.2) is 0 Å². The molecule has 3 aromatic carbocycles. The average molecular weight is 478 g/mol. The second-order valence-electron chi connectivity index (χ2n) is 8.00. The first-order chi connectivity index (χ1) is 17.4. The standard InChI is InChI=1S/C28H18N2O6/c31-27-21(16-24-13-14-26(36-24)19-9-11-22(12-10-19)30(34)35)17-25(18-5-2-1-3-6-18)29(27)23-8-4-7-20(15-23)28(32)33/h1-17H,(H,32,33)/b21-16+. The van der Waals surface area contributed by atoms with Crippen LogP contribution in [0.25, 0.3) is 23.1 Å². The summed E-state index contributed by atoms with van der Waals surface area (Å²) in [5.41, 5.74) is 2.91. The highest BCUT2D eigenvalue weighted by Gasteiger charge is 2.31. The molecule has 0 aliphatic carbocycles. The molecule has 0 saturated carbocycles. The van der Waals surface area contributed by atoms with E-state index in [2.05, 4.69) is 0 Å². The highest BCUT2D eigenvalue weighted by atomic mass is 16.6. The van der Waals surface area contributed by atoms with Crippen molar-refractivity contribution in [2.75, 3.05) is 4.90 Å². The lowest BCUT2D eigenvalue weighted by Crippen LogP contribution is -2.25. The number of hydrogen-bond acceptors (Lipinski definition) is 5. The smallest absolute Gasteiger partial charge is 0.335 e. The van der Waals surface area contributed by atoms with Crippen molar-refractivity contribution in [1.29, 1.82) is 0 Å². The van der Waals surface area contributed by atoms with Crippen LogP contribution in [0.1, 0.15) is 21.7 Å². The van der Waals surface area contributed by atoms with Gasteiger partial charge in [0, 0.05) is 23.3 Å². The fourth-order valence-electron chi connectivity index (χ4n) is 3.96. The number of carbonyl (C=O) groups is 2. The third kappa shape index (κ3) is 4.30. The van der Waals surface area contributed by atoms with E-state index in [-0.39, 0.29) is 17.2 Å². The number of non-ortho nitro benzene ring substituents is 1. The number of furan rings is 1. The van der Waals surface area contributed by atoms with Crippen molar-refractivity contribution in [3.63, 3.8) is 0 Å². The zero-order valence-electron chi connectivity index (χ0n) is 18.7. The fourth-order valence-corrected chi connectivity index (χ4v) is 3.96. The molecule has 1 aromatic heterocycles. The average Bonchev–Trinajstić information content (AvgIpc) is 3.49. The van der Waals surface area contributed by atoms with E-state index in [0.29, 0.717) is 34.0 Å². The molecule has 8 heteroatoms. The van der Waals surface area contributed by atoms with Crippen LogP contribution in [0.3, 0.4) is 0 Å². The van der Waals surface area contributed by atoms with E-state index in [1.165, 1.54) is 29.2 Å². The molecule has 0 saturated heterocycles. The number of benzene rings is 3. The number of aromatic carboxylic acids is 1. The number of nitro groups is 1. The van der Waals surface area contributed by atoms with Gasteiger partial charge in [-0.15, -0.1) is 0 Å². The lowest BCUT2D eigenvalue weighted by Gasteiger charge is -2.21. The Bertz CT molecular complexity index is 1550. The normalized spacial score (nSPS) is 14.2. The summed E-state index contributed by atoms with van der Waals surface area (Å²) in [5.74, 6) is -0.486. The van der Waals surface area contributed by atoms with Gasteiger partial charge in [0.1, 0.15) is 11.5 Å². The van der Waals surface area contributed by atoms with Gasteiger partial charge < -0.3 is 9.52 Å². The van der Waals surface area contributed by atoms with Gasteiger partial charge in [-0.25, -0.2) is 4.79 Å². The van der Waals surface area contributed by atoms with Crippen LogP contribution >= 0.6 is 0 Å². The van der Waals surface area contributed by atoms with Gasteiger partial charge in [0.2, 0.25) is 0 Å². The maximum absolute atomic E-state index is 13.5. The third-order valence-corrected chi connectivity index (χ3v) is 5.69. The minimum Gasteiger partial charge on any atom is -0.478 e. The summed E-state index contributed by atoms with van der Waals surface area (Å²) >= 11 is 0. The molecule has 176 valence electrons. The van der Waals surface area contributed by atoms with E-state index in [9.17, 15) is 24.8 Å². The van der Waals surface area contributed by atoms with Gasteiger partial charge in [-0.2, -0.15) is 0 Å². The molecule has 4 aromatic rings. The Labute approximate surface area is 205 Å². The van der Waals surface area contributed by atoms with Crippen LogP contribution in [0.4, 0.5) is 11.4 Å². The van der Waals surface area contributed by atoms with E-state index in [1.54, 1.807) is 48.6 Å². The summed E-state index contributed by atoms with van der Waals surface area (Å²) in [6.07, 6.45) is 3.35. The lowest BCUT2D eigenvalue weighted by atomic mass is 10.1. The molecule has 0 fully saturated rings. The van der Waals surface area contributed by atoms with Crippen LogP contribution in [0.15, 0.2) is 107 Å². The second kappa shape index (κ2) is 9.19. The Morgan fingerprint density at radius 1 is 0.917 bits per heavy atom. The first kappa shape index (κ1) is 22.5. The summed E-state index contributed by atoms with van der Waals surface area (Å²) < 4.78 is 5.89. The molecule has 5 rings (SSSR count). The highest BCUT2D eigenvalue weighted by Crippen LogP contribution is 2.36. The SMILES string of the molecule is O=C(O)c1cccc(N2C(=O)/C(=C/c3ccc(-c4ccc([N+](=O)[O-])cc4)o3)C=C2c2ccccc2)c1. The van der Waals surface area contributed by atoms with Gasteiger partial charge in [0.25, 0.3) is 11.6 Å². The number of nitrogens with zero attached hydrogens (tertiary/aromatic N) is 2. The summed E-state index contributed by atoms with van der Waals surface area (Å²) in [6.45, 7) is 0. The molecular weight excluding hydrogens is 460 g/mol. The van der Waals surface area contributed by atoms with Gasteiger partial charge >= 0.3 is 5.97 Å². The van der Waals surface area contributed by atoms with Crippen molar-refractivity contribution in [3.8, 4) is 11.3 Å². The van der Waals surface area contributed by atoms with E-state index >= 15 is 0 Å². The van der Waals surface area contributed by atoms with Crippen molar-refractivity contribution >= 4 is 35.0 Å². The number of rotatable bonds is 6. The van der Waals surface area contributed by atoms with Crippen LogP contribution in [0.2, 0.25) is 0 Å². The van der Waals surface area contributed by atoms with Crippen molar-refractivity contribution in [2.45, 2.75) is 0 Å². The highest BCUT2D eigenvalue weighted by molar-refractivity contribution is 6.23. The number of nitro benzene ring substituents is 1. The maximum Gasteiger partial charge on any atom is 0.335 e. The number of carboxylic acids is 1. The quantitative estimate of drug-likeness (QED) is 0.206. The zero-order valence-corrected chi connectivity index (χ0v) is 18.7. The van der Waals surface area contributed by atoms with Crippen molar-refractivity contribution in [1.82, 2.24) is 0 Å². The number of amides is 1.